The second kappa shape index (κ2) is 7.57. The smallest absolute Gasteiger partial charge is 0.132 e. The maximum Gasteiger partial charge on any atom is 0.132 e. The van der Waals surface area contributed by atoms with E-state index in [1.54, 1.807) is 0 Å². The summed E-state index contributed by atoms with van der Waals surface area (Å²) in [5.74, 6) is 0. The molecule has 4 heteroatoms. The van der Waals surface area contributed by atoms with E-state index in [0.717, 1.165) is 22.7 Å². The van der Waals surface area contributed by atoms with Gasteiger partial charge in [0.1, 0.15) is 11.4 Å². The van der Waals surface area contributed by atoms with Crippen molar-refractivity contribution in [2.24, 2.45) is 4.99 Å². The number of hydrogen-bond donors (Lipinski definition) is 0. The van der Waals surface area contributed by atoms with E-state index >= 15 is 0 Å². The van der Waals surface area contributed by atoms with E-state index in [2.05, 4.69) is 22.4 Å². The van der Waals surface area contributed by atoms with Gasteiger partial charge in [-0.2, -0.15) is 0 Å². The molecule has 1 aromatic heterocycles. The molecule has 126 valence electrons. The van der Waals surface area contributed by atoms with E-state index in [1.807, 2.05) is 89.7 Å². The van der Waals surface area contributed by atoms with Crippen molar-refractivity contribution in [1.82, 2.24) is 15.0 Å². The fourth-order valence-electron chi connectivity index (χ4n) is 2.75. The fourth-order valence-corrected chi connectivity index (χ4v) is 2.75. The molecule has 0 saturated heterocycles. The van der Waals surface area contributed by atoms with E-state index in [4.69, 9.17) is 4.99 Å². The van der Waals surface area contributed by atoms with Gasteiger partial charge in [0.25, 0.3) is 0 Å². The Kier molecular flexibility index (Phi) is 4.65. The molecule has 26 heavy (non-hydrogen) atoms. The van der Waals surface area contributed by atoms with E-state index in [0.29, 0.717) is 6.54 Å². The minimum Gasteiger partial charge on any atom is -0.247 e. The van der Waals surface area contributed by atoms with Gasteiger partial charge in [0.2, 0.25) is 0 Å². The van der Waals surface area contributed by atoms with Crippen LogP contribution < -0.4 is 0 Å². The van der Waals surface area contributed by atoms with Crippen LogP contribution in [0.1, 0.15) is 16.8 Å². The Morgan fingerprint density at radius 3 is 2.08 bits per heavy atom. The van der Waals surface area contributed by atoms with Gasteiger partial charge in [0.15, 0.2) is 0 Å². The lowest BCUT2D eigenvalue weighted by molar-refractivity contribution is 0.649. The van der Waals surface area contributed by atoms with E-state index < -0.39 is 0 Å². The molecular weight excluding hydrogens is 320 g/mol. The van der Waals surface area contributed by atoms with Crippen LogP contribution in [-0.2, 0) is 6.54 Å². The summed E-state index contributed by atoms with van der Waals surface area (Å²) in [5.41, 5.74) is 4.67. The molecule has 0 aliphatic heterocycles. The lowest BCUT2D eigenvalue weighted by Gasteiger charge is -2.04. The summed E-state index contributed by atoms with van der Waals surface area (Å²) in [5, 5.41) is 8.65. The monoisotopic (exact) mass is 338 g/mol. The van der Waals surface area contributed by atoms with E-state index in [1.165, 1.54) is 5.56 Å². The Balaban J connectivity index is 1.70. The van der Waals surface area contributed by atoms with Crippen LogP contribution >= 0.6 is 0 Å². The molecule has 4 aromatic rings. The quantitative estimate of drug-likeness (QED) is 0.503. The van der Waals surface area contributed by atoms with Gasteiger partial charge in [0.05, 0.1) is 18.4 Å². The van der Waals surface area contributed by atoms with Crippen molar-refractivity contribution in [2.45, 2.75) is 6.54 Å². The lowest BCUT2D eigenvalue weighted by atomic mass is 10.1. The summed E-state index contributed by atoms with van der Waals surface area (Å²) in [4.78, 5) is 4.82. The Bertz CT molecular complexity index is 990. The largest absolute Gasteiger partial charge is 0.247 e. The molecule has 4 rings (SSSR count). The zero-order valence-corrected chi connectivity index (χ0v) is 14.2. The summed E-state index contributed by atoms with van der Waals surface area (Å²) in [7, 11) is 0. The molecule has 0 radical (unpaired) electrons. The standard InChI is InChI=1S/C22H18N4/c1-4-10-18(11-5-1)16-26-17-21(24-25-26)22(19-12-6-2-7-13-19)23-20-14-8-3-9-15-20/h1-15,17H,16H2. The number of rotatable bonds is 5. The first-order valence-electron chi connectivity index (χ1n) is 8.52. The van der Waals surface area contributed by atoms with Crippen molar-refractivity contribution in [1.29, 1.82) is 0 Å². The minimum absolute atomic E-state index is 0.682. The SMILES string of the molecule is c1ccc(Cn2cc(C(=Nc3ccccc3)c3ccccc3)nn2)cc1. The average molecular weight is 338 g/mol. The number of benzene rings is 3. The first-order chi connectivity index (χ1) is 12.9. The summed E-state index contributed by atoms with van der Waals surface area (Å²) >= 11 is 0. The molecule has 0 fully saturated rings. The summed E-state index contributed by atoms with van der Waals surface area (Å²) < 4.78 is 1.84. The van der Waals surface area contributed by atoms with Crippen molar-refractivity contribution in [2.75, 3.05) is 0 Å². The van der Waals surface area contributed by atoms with Crippen LogP contribution in [0.25, 0.3) is 0 Å². The Morgan fingerprint density at radius 1 is 0.769 bits per heavy atom. The van der Waals surface area contributed by atoms with Crippen LogP contribution in [0.4, 0.5) is 5.69 Å². The maximum absolute atomic E-state index is 4.82. The molecule has 0 spiro atoms. The Morgan fingerprint density at radius 2 is 1.38 bits per heavy atom. The van der Waals surface area contributed by atoms with Crippen LogP contribution in [-0.4, -0.2) is 20.7 Å². The van der Waals surface area contributed by atoms with Gasteiger partial charge in [-0.15, -0.1) is 5.10 Å². The molecule has 1 heterocycles. The van der Waals surface area contributed by atoms with Crippen molar-refractivity contribution in [3.8, 4) is 0 Å². The molecule has 0 atom stereocenters. The highest BCUT2D eigenvalue weighted by Gasteiger charge is 2.12. The molecule has 4 nitrogen and oxygen atoms in total. The van der Waals surface area contributed by atoms with E-state index in [-0.39, 0.29) is 0 Å². The zero-order valence-electron chi connectivity index (χ0n) is 14.2. The Hall–Kier alpha value is -3.53. The predicted molar refractivity (Wildman–Crippen MR) is 104 cm³/mol. The third-order valence-corrected chi connectivity index (χ3v) is 4.01. The zero-order chi connectivity index (χ0) is 17.6. The highest BCUT2D eigenvalue weighted by atomic mass is 15.4. The molecule has 0 N–H and O–H groups in total. The molecule has 0 bridgehead atoms. The van der Waals surface area contributed by atoms with Crippen molar-refractivity contribution in [3.05, 3.63) is 114 Å². The number of aromatic nitrogens is 3. The molecule has 0 saturated carbocycles. The van der Waals surface area contributed by atoms with Crippen LogP contribution in [0.2, 0.25) is 0 Å². The molecule has 0 unspecified atom stereocenters. The third kappa shape index (κ3) is 3.75. The summed E-state index contributed by atoms with van der Waals surface area (Å²) in [6.45, 7) is 0.682. The molecule has 0 amide bonds. The van der Waals surface area contributed by atoms with Gasteiger partial charge in [-0.1, -0.05) is 84.1 Å². The second-order valence-electron chi connectivity index (χ2n) is 5.95. The number of hydrogen-bond acceptors (Lipinski definition) is 3. The molecule has 0 aliphatic rings. The fraction of sp³-hybridized carbons (Fsp3) is 0.0455. The normalized spacial score (nSPS) is 11.5. The molecule has 3 aromatic carbocycles. The van der Waals surface area contributed by atoms with Gasteiger partial charge in [-0.05, 0) is 17.7 Å². The third-order valence-electron chi connectivity index (χ3n) is 4.01. The van der Waals surface area contributed by atoms with Gasteiger partial charge in [-0.3, -0.25) is 0 Å². The Labute approximate surface area is 152 Å². The predicted octanol–water partition coefficient (Wildman–Crippen LogP) is 4.50. The van der Waals surface area contributed by atoms with E-state index in [9.17, 15) is 0 Å². The van der Waals surface area contributed by atoms with Gasteiger partial charge >= 0.3 is 0 Å². The minimum atomic E-state index is 0.682. The van der Waals surface area contributed by atoms with Crippen LogP contribution in [0.15, 0.2) is 102 Å². The van der Waals surface area contributed by atoms with Crippen LogP contribution in [0, 0.1) is 0 Å². The maximum atomic E-state index is 4.82. The van der Waals surface area contributed by atoms with Crippen molar-refractivity contribution in [3.63, 3.8) is 0 Å². The number of para-hydroxylation sites is 1. The van der Waals surface area contributed by atoms with Gasteiger partial charge < -0.3 is 0 Å². The number of nitrogens with zero attached hydrogens (tertiary/aromatic N) is 4. The topological polar surface area (TPSA) is 43.1 Å². The first kappa shape index (κ1) is 16.0. The highest BCUT2D eigenvalue weighted by molar-refractivity contribution is 6.12. The van der Waals surface area contributed by atoms with Crippen LogP contribution in [0.3, 0.4) is 0 Å². The molecule has 0 aliphatic carbocycles. The van der Waals surface area contributed by atoms with Gasteiger partial charge in [0, 0.05) is 5.56 Å². The average Bonchev–Trinajstić information content (AvgIpc) is 3.16. The van der Waals surface area contributed by atoms with Crippen molar-refractivity contribution < 1.29 is 0 Å². The molecular formula is C22H18N4. The van der Waals surface area contributed by atoms with Crippen LogP contribution in [0.5, 0.6) is 0 Å². The highest BCUT2D eigenvalue weighted by Crippen LogP contribution is 2.17. The second-order valence-corrected chi connectivity index (χ2v) is 5.95. The summed E-state index contributed by atoms with van der Waals surface area (Å²) in [6, 6.07) is 30.2. The van der Waals surface area contributed by atoms with Crippen molar-refractivity contribution >= 4 is 11.4 Å². The van der Waals surface area contributed by atoms with Gasteiger partial charge in [-0.25, -0.2) is 9.67 Å². The number of aliphatic imine (C=N–C) groups is 1. The lowest BCUT2D eigenvalue weighted by Crippen LogP contribution is -2.04. The first-order valence-corrected chi connectivity index (χ1v) is 8.52. The summed E-state index contributed by atoms with van der Waals surface area (Å²) in [6.07, 6.45) is 1.95.